The van der Waals surface area contributed by atoms with Gasteiger partial charge in [0.05, 0.1) is 12.4 Å². The van der Waals surface area contributed by atoms with E-state index in [1.165, 1.54) is 0 Å². The number of sulfonamides is 1. The van der Waals surface area contributed by atoms with E-state index in [0.717, 1.165) is 6.26 Å². The molecule has 0 aliphatic heterocycles. The Bertz CT molecular complexity index is 912. The van der Waals surface area contributed by atoms with E-state index in [2.05, 4.69) is 0 Å². The molecule has 1 fully saturated rings. The van der Waals surface area contributed by atoms with Crippen LogP contribution in [0.5, 0.6) is 5.75 Å². The lowest BCUT2D eigenvalue weighted by Crippen LogP contribution is -2.28. The molecule has 1 aromatic carbocycles. The van der Waals surface area contributed by atoms with Gasteiger partial charge in [-0.25, -0.2) is 8.42 Å². The number of aliphatic hydroxyl groups is 2. The zero-order chi connectivity index (χ0) is 23.6. The lowest BCUT2D eigenvalue weighted by molar-refractivity contribution is -0.121. The van der Waals surface area contributed by atoms with Gasteiger partial charge in [-0.15, -0.1) is 0 Å². The molecular formula is C23H31NO7S. The minimum Gasteiger partial charge on any atom is -0.491 e. The van der Waals surface area contributed by atoms with Crippen molar-refractivity contribution in [1.29, 1.82) is 0 Å². The smallest absolute Gasteiger partial charge is 0.233 e. The van der Waals surface area contributed by atoms with E-state index in [9.17, 15) is 28.2 Å². The van der Waals surface area contributed by atoms with Gasteiger partial charge in [-0.05, 0) is 31.4 Å². The molecule has 0 heterocycles. The standard InChI is InChI=1S/C23H31NO7S/c1-32(29,30)24-23(28)12-8-3-2-7-11-19-20(22(27)15-21(19)26)14-13-17(25)16-31-18-9-5-4-6-10-18/h2,4-7,9-10,13-14,17,19-20,22,25,27H,3,8,11-12,15-16H2,1H3,(H,24,28)/b7-2+,14-13+/t17-,19+,20-,22+/m1/s1. The maximum absolute atomic E-state index is 12.3. The Kier molecular flexibility index (Phi) is 10.1. The third-order valence-electron chi connectivity index (χ3n) is 5.08. The number of hydrogen-bond donors (Lipinski definition) is 3. The van der Waals surface area contributed by atoms with Gasteiger partial charge >= 0.3 is 0 Å². The highest BCUT2D eigenvalue weighted by Gasteiger charge is 2.39. The maximum Gasteiger partial charge on any atom is 0.233 e. The molecule has 0 radical (unpaired) electrons. The first-order valence-corrected chi connectivity index (χ1v) is 12.5. The predicted molar refractivity (Wildman–Crippen MR) is 120 cm³/mol. The Morgan fingerprint density at radius 2 is 2.00 bits per heavy atom. The van der Waals surface area contributed by atoms with Crippen LogP contribution in [-0.2, 0) is 19.6 Å². The number of ketones is 1. The second kappa shape index (κ2) is 12.5. The summed E-state index contributed by atoms with van der Waals surface area (Å²) >= 11 is 0. The number of carbonyl (C=O) groups is 2. The zero-order valence-electron chi connectivity index (χ0n) is 18.1. The van der Waals surface area contributed by atoms with Crippen LogP contribution >= 0.6 is 0 Å². The Hall–Kier alpha value is -2.49. The second-order valence-electron chi connectivity index (χ2n) is 7.89. The first kappa shape index (κ1) is 25.8. The average molecular weight is 466 g/mol. The number of Topliss-reactive ketones (excluding diaryl/α,β-unsaturated/α-hetero) is 1. The maximum atomic E-state index is 12.3. The summed E-state index contributed by atoms with van der Waals surface area (Å²) < 4.78 is 29.4. The number of rotatable bonds is 12. The van der Waals surface area contributed by atoms with E-state index in [0.29, 0.717) is 25.0 Å². The molecule has 176 valence electrons. The van der Waals surface area contributed by atoms with E-state index in [-0.39, 0.29) is 37.1 Å². The quantitative estimate of drug-likeness (QED) is 0.317. The summed E-state index contributed by atoms with van der Waals surface area (Å²) in [6, 6.07) is 9.11. The highest BCUT2D eigenvalue weighted by atomic mass is 32.2. The van der Waals surface area contributed by atoms with Gasteiger partial charge < -0.3 is 14.9 Å². The predicted octanol–water partition coefficient (Wildman–Crippen LogP) is 1.74. The Balaban J connectivity index is 1.78. The third kappa shape index (κ3) is 9.33. The topological polar surface area (TPSA) is 130 Å². The third-order valence-corrected chi connectivity index (χ3v) is 5.68. The number of unbranched alkanes of at least 4 members (excludes halogenated alkanes) is 1. The van der Waals surface area contributed by atoms with Crippen molar-refractivity contribution >= 4 is 21.7 Å². The van der Waals surface area contributed by atoms with Gasteiger partial charge in [0.1, 0.15) is 24.2 Å². The molecule has 0 saturated heterocycles. The van der Waals surface area contributed by atoms with Crippen molar-refractivity contribution in [3.8, 4) is 5.75 Å². The fourth-order valence-corrected chi connectivity index (χ4v) is 4.05. The van der Waals surface area contributed by atoms with Crippen LogP contribution in [0.2, 0.25) is 0 Å². The number of allylic oxidation sites excluding steroid dienone is 2. The molecule has 32 heavy (non-hydrogen) atoms. The van der Waals surface area contributed by atoms with Gasteiger partial charge in [-0.3, -0.25) is 14.3 Å². The fourth-order valence-electron chi connectivity index (χ4n) is 3.54. The van der Waals surface area contributed by atoms with E-state index in [1.54, 1.807) is 24.3 Å². The Labute approximate surface area is 189 Å². The van der Waals surface area contributed by atoms with Gasteiger partial charge in [0, 0.05) is 24.7 Å². The van der Waals surface area contributed by atoms with Crippen LogP contribution in [0.1, 0.15) is 32.1 Å². The summed E-state index contributed by atoms with van der Waals surface area (Å²) in [5.41, 5.74) is 0. The minimum atomic E-state index is -3.54. The van der Waals surface area contributed by atoms with Crippen LogP contribution in [0.4, 0.5) is 0 Å². The molecular weight excluding hydrogens is 434 g/mol. The zero-order valence-corrected chi connectivity index (χ0v) is 18.9. The largest absolute Gasteiger partial charge is 0.491 e. The number of aliphatic hydroxyl groups excluding tert-OH is 2. The molecule has 3 N–H and O–H groups in total. The van der Waals surface area contributed by atoms with Crippen molar-refractivity contribution in [2.24, 2.45) is 11.8 Å². The Morgan fingerprint density at radius 3 is 2.69 bits per heavy atom. The van der Waals surface area contributed by atoms with Crippen LogP contribution in [-0.4, -0.2) is 55.4 Å². The number of hydrogen-bond acceptors (Lipinski definition) is 7. The average Bonchev–Trinajstić information content (AvgIpc) is 2.99. The molecule has 0 spiro atoms. The van der Waals surface area contributed by atoms with Crippen molar-refractivity contribution in [2.45, 2.75) is 44.3 Å². The Morgan fingerprint density at radius 1 is 1.28 bits per heavy atom. The van der Waals surface area contributed by atoms with Crippen molar-refractivity contribution in [3.63, 3.8) is 0 Å². The number of para-hydroxylation sites is 1. The number of ether oxygens (including phenoxy) is 1. The minimum absolute atomic E-state index is 0.0284. The molecule has 2 rings (SSSR count). The first-order valence-electron chi connectivity index (χ1n) is 10.6. The lowest BCUT2D eigenvalue weighted by atomic mass is 9.90. The van der Waals surface area contributed by atoms with Crippen LogP contribution < -0.4 is 9.46 Å². The summed E-state index contributed by atoms with van der Waals surface area (Å²) in [5, 5.41) is 20.4. The van der Waals surface area contributed by atoms with E-state index in [1.807, 2.05) is 35.1 Å². The second-order valence-corrected chi connectivity index (χ2v) is 9.64. The van der Waals surface area contributed by atoms with Gasteiger partial charge in [-0.1, -0.05) is 42.5 Å². The normalized spacial score (nSPS) is 22.5. The van der Waals surface area contributed by atoms with Crippen LogP contribution in [0.3, 0.4) is 0 Å². The van der Waals surface area contributed by atoms with Gasteiger partial charge in [0.15, 0.2) is 0 Å². The summed E-state index contributed by atoms with van der Waals surface area (Å²) in [6.45, 7) is 0.0642. The molecule has 0 aromatic heterocycles. The highest BCUT2D eigenvalue weighted by Crippen LogP contribution is 2.33. The number of nitrogens with one attached hydrogen (secondary N) is 1. The monoisotopic (exact) mass is 465 g/mol. The molecule has 8 nitrogen and oxygen atoms in total. The number of amides is 1. The summed E-state index contributed by atoms with van der Waals surface area (Å²) in [7, 11) is -3.54. The van der Waals surface area contributed by atoms with Crippen LogP contribution in [0.15, 0.2) is 54.6 Å². The summed E-state index contributed by atoms with van der Waals surface area (Å²) in [4.78, 5) is 23.7. The van der Waals surface area contributed by atoms with Crippen molar-refractivity contribution in [1.82, 2.24) is 4.72 Å². The van der Waals surface area contributed by atoms with E-state index >= 15 is 0 Å². The molecule has 1 aliphatic carbocycles. The summed E-state index contributed by atoms with van der Waals surface area (Å²) in [6.07, 6.45) is 7.84. The lowest BCUT2D eigenvalue weighted by Gasteiger charge is -2.17. The van der Waals surface area contributed by atoms with E-state index < -0.39 is 28.1 Å². The summed E-state index contributed by atoms with van der Waals surface area (Å²) in [5.74, 6) is -0.700. The molecule has 1 aliphatic rings. The molecule has 1 saturated carbocycles. The molecule has 4 atom stereocenters. The number of carbonyl (C=O) groups excluding carboxylic acids is 2. The van der Waals surface area contributed by atoms with Crippen molar-refractivity contribution in [3.05, 3.63) is 54.6 Å². The van der Waals surface area contributed by atoms with Crippen molar-refractivity contribution < 1.29 is 33.0 Å². The molecule has 0 unspecified atom stereocenters. The first-order chi connectivity index (χ1) is 15.2. The highest BCUT2D eigenvalue weighted by molar-refractivity contribution is 7.89. The van der Waals surface area contributed by atoms with Crippen molar-refractivity contribution in [2.75, 3.05) is 12.9 Å². The molecule has 9 heteroatoms. The molecule has 1 amide bonds. The van der Waals surface area contributed by atoms with Crippen LogP contribution in [0.25, 0.3) is 0 Å². The van der Waals surface area contributed by atoms with Gasteiger partial charge in [0.2, 0.25) is 15.9 Å². The molecule has 0 bridgehead atoms. The SMILES string of the molecule is CS(=O)(=O)NC(=O)CCC/C=C/C[C@@H]1C(=O)C[C@H](O)[C@@H]1/C=C/[C@@H](O)COc1ccccc1. The fraction of sp³-hybridized carbons (Fsp3) is 0.478. The van der Waals surface area contributed by atoms with Gasteiger partial charge in [-0.2, -0.15) is 0 Å². The number of benzene rings is 1. The van der Waals surface area contributed by atoms with Gasteiger partial charge in [0.25, 0.3) is 0 Å². The van der Waals surface area contributed by atoms with E-state index in [4.69, 9.17) is 4.74 Å². The molecule has 1 aromatic rings. The van der Waals surface area contributed by atoms with Crippen LogP contribution in [0, 0.1) is 11.8 Å².